The van der Waals surface area contributed by atoms with Crippen LogP contribution in [0, 0.1) is 0 Å². The Balaban J connectivity index is 1.57. The Morgan fingerprint density at radius 2 is 2.07 bits per heavy atom. The molecule has 1 aromatic heterocycles. The maximum atomic E-state index is 12.0. The summed E-state index contributed by atoms with van der Waals surface area (Å²) in [5.41, 5.74) is 0.660. The second-order valence-corrected chi connectivity index (χ2v) is 9.05. The predicted molar refractivity (Wildman–Crippen MR) is 98.8 cm³/mol. The number of rotatable bonds is 7. The van der Waals surface area contributed by atoms with E-state index >= 15 is 0 Å². The first-order valence-electron chi connectivity index (χ1n) is 8.08. The first-order chi connectivity index (χ1) is 12.9. The second-order valence-electron chi connectivity index (χ2n) is 5.90. The smallest absolute Gasteiger partial charge is 0.277 e. The molecule has 1 fully saturated rings. The zero-order chi connectivity index (χ0) is 19.4. The van der Waals surface area contributed by atoms with Crippen LogP contribution >= 0.6 is 11.8 Å². The van der Waals surface area contributed by atoms with Crippen LogP contribution in [0.25, 0.3) is 11.5 Å². The summed E-state index contributed by atoms with van der Waals surface area (Å²) in [7, 11) is 0.0514. The molecule has 0 bridgehead atoms. The highest BCUT2D eigenvalue weighted by molar-refractivity contribution is 7.99. The highest BCUT2D eigenvalue weighted by Crippen LogP contribution is 2.32. The van der Waals surface area contributed by atoms with Gasteiger partial charge in [0.2, 0.25) is 11.8 Å². The van der Waals surface area contributed by atoms with Crippen LogP contribution in [-0.2, 0) is 14.6 Å². The number of hydrogen-bond donors (Lipinski definition) is 1. The molecule has 1 amide bonds. The van der Waals surface area contributed by atoms with Gasteiger partial charge in [-0.1, -0.05) is 11.8 Å². The lowest BCUT2D eigenvalue weighted by atomic mass is 10.2. The van der Waals surface area contributed by atoms with Gasteiger partial charge in [0.15, 0.2) is 21.3 Å². The fourth-order valence-electron chi connectivity index (χ4n) is 2.66. The van der Waals surface area contributed by atoms with Crippen molar-refractivity contribution in [1.82, 2.24) is 15.5 Å². The summed E-state index contributed by atoms with van der Waals surface area (Å²) >= 11 is 1.09. The van der Waals surface area contributed by atoms with Crippen LogP contribution in [0.1, 0.15) is 6.42 Å². The van der Waals surface area contributed by atoms with Gasteiger partial charge in [0.1, 0.15) is 0 Å². The number of methoxy groups -OCH3 is 2. The molecule has 2 aromatic rings. The van der Waals surface area contributed by atoms with Crippen molar-refractivity contribution >= 4 is 27.5 Å². The molecule has 146 valence electrons. The van der Waals surface area contributed by atoms with Crippen molar-refractivity contribution in [2.75, 3.05) is 31.5 Å². The Hall–Kier alpha value is -2.27. The minimum absolute atomic E-state index is 0.00653. The van der Waals surface area contributed by atoms with E-state index in [9.17, 15) is 13.2 Å². The molecule has 1 N–H and O–H groups in total. The molecule has 1 aliphatic rings. The van der Waals surface area contributed by atoms with E-state index in [0.29, 0.717) is 29.4 Å². The van der Waals surface area contributed by atoms with E-state index in [1.54, 1.807) is 25.3 Å². The molecule has 0 aliphatic carbocycles. The Morgan fingerprint density at radius 3 is 2.74 bits per heavy atom. The van der Waals surface area contributed by atoms with Gasteiger partial charge in [-0.2, -0.15) is 0 Å². The molecule has 11 heteroatoms. The first-order valence-corrected chi connectivity index (χ1v) is 10.9. The van der Waals surface area contributed by atoms with Gasteiger partial charge in [-0.25, -0.2) is 8.42 Å². The molecule has 1 aliphatic heterocycles. The van der Waals surface area contributed by atoms with Crippen molar-refractivity contribution in [3.8, 4) is 23.0 Å². The highest BCUT2D eigenvalue weighted by atomic mass is 32.2. The number of carbonyl (C=O) groups excluding carboxylic acids is 1. The Kier molecular flexibility index (Phi) is 5.90. The minimum Gasteiger partial charge on any atom is -0.493 e. The zero-order valence-electron chi connectivity index (χ0n) is 14.8. The van der Waals surface area contributed by atoms with E-state index in [1.807, 2.05) is 0 Å². The van der Waals surface area contributed by atoms with Crippen LogP contribution in [0.2, 0.25) is 0 Å². The zero-order valence-corrected chi connectivity index (χ0v) is 16.4. The molecule has 2 heterocycles. The average Bonchev–Trinajstić information content (AvgIpc) is 3.25. The lowest BCUT2D eigenvalue weighted by molar-refractivity contribution is -0.119. The summed E-state index contributed by atoms with van der Waals surface area (Å²) in [6, 6.07) is 4.88. The number of nitrogens with zero attached hydrogens (tertiary/aromatic N) is 2. The monoisotopic (exact) mass is 413 g/mol. The Bertz CT molecular complexity index is 928. The van der Waals surface area contributed by atoms with Gasteiger partial charge in [-0.15, -0.1) is 10.2 Å². The molecule has 0 radical (unpaired) electrons. The van der Waals surface area contributed by atoms with E-state index in [2.05, 4.69) is 15.5 Å². The molecule has 0 saturated carbocycles. The number of hydrogen-bond acceptors (Lipinski definition) is 9. The van der Waals surface area contributed by atoms with Crippen LogP contribution in [0.4, 0.5) is 0 Å². The Labute approximate surface area is 160 Å². The van der Waals surface area contributed by atoms with Gasteiger partial charge in [-0.3, -0.25) is 4.79 Å². The largest absolute Gasteiger partial charge is 0.493 e. The van der Waals surface area contributed by atoms with Crippen LogP contribution in [-0.4, -0.2) is 62.0 Å². The molecule has 3 rings (SSSR count). The van der Waals surface area contributed by atoms with Crippen LogP contribution in [0.3, 0.4) is 0 Å². The van der Waals surface area contributed by atoms with E-state index < -0.39 is 9.84 Å². The maximum absolute atomic E-state index is 12.0. The van der Waals surface area contributed by atoms with E-state index in [4.69, 9.17) is 13.9 Å². The van der Waals surface area contributed by atoms with Crippen molar-refractivity contribution in [1.29, 1.82) is 0 Å². The first kappa shape index (κ1) is 19.5. The van der Waals surface area contributed by atoms with Gasteiger partial charge in [0.05, 0.1) is 31.5 Å². The molecule has 27 heavy (non-hydrogen) atoms. The summed E-state index contributed by atoms with van der Waals surface area (Å²) in [5.74, 6) is 1.31. The predicted octanol–water partition coefficient (Wildman–Crippen LogP) is 1.15. The fourth-order valence-corrected chi connectivity index (χ4v) is 4.91. The van der Waals surface area contributed by atoms with Crippen LogP contribution < -0.4 is 14.8 Å². The molecule has 1 aromatic carbocycles. The van der Waals surface area contributed by atoms with Crippen LogP contribution in [0.5, 0.6) is 11.5 Å². The minimum atomic E-state index is -3.03. The summed E-state index contributed by atoms with van der Waals surface area (Å²) < 4.78 is 38.8. The van der Waals surface area contributed by atoms with E-state index in [-0.39, 0.29) is 34.4 Å². The lowest BCUT2D eigenvalue weighted by Gasteiger charge is -2.09. The Morgan fingerprint density at radius 1 is 1.30 bits per heavy atom. The standard InChI is InChI=1S/C16H19N3O6S2/c1-23-12-4-3-10(7-13(12)24-2)15-18-19-16(25-15)26-8-14(20)17-11-5-6-27(21,22)9-11/h3-4,7,11H,5-6,8-9H2,1-2H3,(H,17,20). The van der Waals surface area contributed by atoms with Gasteiger partial charge in [0, 0.05) is 11.6 Å². The van der Waals surface area contributed by atoms with Gasteiger partial charge in [0.25, 0.3) is 5.22 Å². The van der Waals surface area contributed by atoms with Gasteiger partial charge >= 0.3 is 0 Å². The number of ether oxygens (including phenoxy) is 2. The third-order valence-electron chi connectivity index (χ3n) is 3.96. The maximum Gasteiger partial charge on any atom is 0.277 e. The number of sulfone groups is 1. The number of nitrogens with one attached hydrogen (secondary N) is 1. The number of benzene rings is 1. The van der Waals surface area contributed by atoms with Crippen molar-refractivity contribution in [3.63, 3.8) is 0 Å². The number of aromatic nitrogens is 2. The number of thioether (sulfide) groups is 1. The fraction of sp³-hybridized carbons (Fsp3) is 0.438. The molecular weight excluding hydrogens is 394 g/mol. The van der Waals surface area contributed by atoms with Crippen molar-refractivity contribution in [2.45, 2.75) is 17.7 Å². The summed E-state index contributed by atoms with van der Waals surface area (Å²) in [6.07, 6.45) is 0.447. The second kappa shape index (κ2) is 8.17. The molecule has 1 atom stereocenters. The van der Waals surface area contributed by atoms with Gasteiger partial charge < -0.3 is 19.2 Å². The number of carbonyl (C=O) groups is 1. The topological polar surface area (TPSA) is 121 Å². The normalized spacial score (nSPS) is 18.2. The van der Waals surface area contributed by atoms with E-state index in [1.165, 1.54) is 7.11 Å². The summed E-state index contributed by atoms with van der Waals surface area (Å²) in [4.78, 5) is 12.0. The molecule has 9 nitrogen and oxygen atoms in total. The quantitative estimate of drug-likeness (QED) is 0.666. The molecule has 1 saturated heterocycles. The van der Waals surface area contributed by atoms with Crippen LogP contribution in [0.15, 0.2) is 27.8 Å². The molecule has 0 spiro atoms. The summed E-state index contributed by atoms with van der Waals surface area (Å²) in [5, 5.41) is 10.8. The van der Waals surface area contributed by atoms with Crippen molar-refractivity contribution in [3.05, 3.63) is 18.2 Å². The average molecular weight is 413 g/mol. The molecular formula is C16H19N3O6S2. The van der Waals surface area contributed by atoms with Crippen molar-refractivity contribution in [2.24, 2.45) is 0 Å². The van der Waals surface area contributed by atoms with Crippen molar-refractivity contribution < 1.29 is 27.1 Å². The third-order valence-corrected chi connectivity index (χ3v) is 6.55. The SMILES string of the molecule is COc1ccc(-c2nnc(SCC(=O)NC3CCS(=O)(=O)C3)o2)cc1OC. The summed E-state index contributed by atoms with van der Waals surface area (Å²) in [6.45, 7) is 0. The lowest BCUT2D eigenvalue weighted by Crippen LogP contribution is -2.36. The van der Waals surface area contributed by atoms with Gasteiger partial charge in [-0.05, 0) is 24.6 Å². The van der Waals surface area contributed by atoms with E-state index in [0.717, 1.165) is 11.8 Å². The highest BCUT2D eigenvalue weighted by Gasteiger charge is 2.28. The molecule has 1 unspecified atom stereocenters. The number of amides is 1. The third kappa shape index (κ3) is 4.92.